The first-order valence-electron chi connectivity index (χ1n) is 6.67. The predicted octanol–water partition coefficient (Wildman–Crippen LogP) is 0.714. The molecule has 0 bridgehead atoms. The van der Waals surface area contributed by atoms with Crippen molar-refractivity contribution in [2.45, 2.75) is 0 Å². The molecule has 7 heteroatoms. The SMILES string of the molecule is C=CC(=O)OOc1ccccc1.OCCOCCOCCO. The molecule has 1 rings (SSSR count). The lowest BCUT2D eigenvalue weighted by Crippen LogP contribution is -2.09. The zero-order valence-corrected chi connectivity index (χ0v) is 12.3. The van der Waals surface area contributed by atoms with Gasteiger partial charge in [-0.25, -0.2) is 9.68 Å². The molecule has 0 saturated heterocycles. The summed E-state index contributed by atoms with van der Waals surface area (Å²) in [5.41, 5.74) is 0. The monoisotopic (exact) mass is 314 g/mol. The molecule has 0 atom stereocenters. The third-order valence-electron chi connectivity index (χ3n) is 1.97. The normalized spacial score (nSPS) is 9.36. The average Bonchev–Trinajstić information content (AvgIpc) is 2.57. The van der Waals surface area contributed by atoms with E-state index in [2.05, 4.69) is 16.4 Å². The molecule has 0 heterocycles. The van der Waals surface area contributed by atoms with Crippen LogP contribution in [0.25, 0.3) is 0 Å². The van der Waals surface area contributed by atoms with Crippen molar-refractivity contribution in [3.05, 3.63) is 43.0 Å². The number of hydrogen-bond donors (Lipinski definition) is 2. The lowest BCUT2D eigenvalue weighted by molar-refractivity contribution is -0.207. The Balaban J connectivity index is 0.000000409. The summed E-state index contributed by atoms with van der Waals surface area (Å²) in [6.07, 6.45) is 1.03. The van der Waals surface area contributed by atoms with Crippen molar-refractivity contribution in [2.75, 3.05) is 39.6 Å². The highest BCUT2D eigenvalue weighted by Gasteiger charge is 1.97. The molecule has 0 fully saturated rings. The fraction of sp³-hybridized carbons (Fsp3) is 0.400. The van der Waals surface area contributed by atoms with E-state index in [4.69, 9.17) is 19.7 Å². The lowest BCUT2D eigenvalue weighted by atomic mass is 10.3. The van der Waals surface area contributed by atoms with Crippen LogP contribution in [0.2, 0.25) is 0 Å². The van der Waals surface area contributed by atoms with Crippen molar-refractivity contribution in [1.29, 1.82) is 0 Å². The van der Waals surface area contributed by atoms with Gasteiger partial charge < -0.3 is 19.7 Å². The van der Waals surface area contributed by atoms with Crippen LogP contribution in [0.3, 0.4) is 0 Å². The largest absolute Gasteiger partial charge is 0.394 e. The van der Waals surface area contributed by atoms with Gasteiger partial charge in [-0.3, -0.25) is 4.89 Å². The van der Waals surface area contributed by atoms with Gasteiger partial charge in [0, 0.05) is 6.08 Å². The molecule has 0 aliphatic rings. The van der Waals surface area contributed by atoms with Crippen molar-refractivity contribution < 1.29 is 34.3 Å². The van der Waals surface area contributed by atoms with E-state index in [-0.39, 0.29) is 13.2 Å². The minimum Gasteiger partial charge on any atom is -0.394 e. The second kappa shape index (κ2) is 15.5. The molecular weight excluding hydrogens is 292 g/mol. The average molecular weight is 314 g/mol. The Morgan fingerprint density at radius 1 is 1.00 bits per heavy atom. The zero-order chi connectivity index (χ0) is 16.5. The highest BCUT2D eigenvalue weighted by atomic mass is 17.2. The molecule has 22 heavy (non-hydrogen) atoms. The van der Waals surface area contributed by atoms with Crippen LogP contribution in [0.1, 0.15) is 0 Å². The Labute approximate surface area is 129 Å². The Morgan fingerprint density at radius 2 is 1.55 bits per heavy atom. The maximum absolute atomic E-state index is 10.5. The summed E-state index contributed by atoms with van der Waals surface area (Å²) in [7, 11) is 0. The predicted molar refractivity (Wildman–Crippen MR) is 79.2 cm³/mol. The molecule has 0 saturated carbocycles. The first-order chi connectivity index (χ1) is 10.7. The highest BCUT2D eigenvalue weighted by Crippen LogP contribution is 2.08. The van der Waals surface area contributed by atoms with Gasteiger partial charge in [0.05, 0.1) is 39.6 Å². The van der Waals surface area contributed by atoms with Crippen LogP contribution in [0.5, 0.6) is 5.75 Å². The third-order valence-corrected chi connectivity index (χ3v) is 1.97. The number of aliphatic hydroxyl groups excluding tert-OH is 2. The standard InChI is InChI=1S/C9H8O3.C6H14O4/c1-2-9(10)12-11-8-6-4-3-5-7-8;7-1-3-9-5-6-10-4-2-8/h2-7H,1H2;7-8H,1-6H2. The maximum atomic E-state index is 10.5. The molecule has 0 aliphatic heterocycles. The topological polar surface area (TPSA) is 94.5 Å². The first kappa shape index (κ1) is 20.1. The molecule has 0 aromatic heterocycles. The number of aliphatic hydroxyl groups is 2. The molecule has 1 aromatic rings. The number of carbonyl (C=O) groups excluding carboxylic acids is 1. The third kappa shape index (κ3) is 13.1. The van der Waals surface area contributed by atoms with Gasteiger partial charge in [0.15, 0.2) is 5.75 Å². The summed E-state index contributed by atoms with van der Waals surface area (Å²) in [5.74, 6) is -0.133. The fourth-order valence-electron chi connectivity index (χ4n) is 1.05. The maximum Gasteiger partial charge on any atom is 0.378 e. The molecular formula is C15H22O7. The van der Waals surface area contributed by atoms with E-state index < -0.39 is 5.97 Å². The van der Waals surface area contributed by atoms with Crippen LogP contribution in [0.4, 0.5) is 0 Å². The van der Waals surface area contributed by atoms with Crippen molar-refractivity contribution in [3.8, 4) is 5.75 Å². The summed E-state index contributed by atoms with van der Waals surface area (Å²) >= 11 is 0. The Morgan fingerprint density at radius 3 is 2.00 bits per heavy atom. The zero-order valence-electron chi connectivity index (χ0n) is 12.3. The summed E-state index contributed by atoms with van der Waals surface area (Å²) in [4.78, 5) is 19.5. The molecule has 124 valence electrons. The molecule has 1 aromatic carbocycles. The minimum absolute atomic E-state index is 0.0417. The Kier molecular flexibility index (Phi) is 14.1. The summed E-state index contributed by atoms with van der Waals surface area (Å²) in [5, 5.41) is 16.5. The molecule has 0 unspecified atom stereocenters. The minimum atomic E-state index is -0.612. The van der Waals surface area contributed by atoms with Crippen LogP contribution in [-0.2, 0) is 19.2 Å². The summed E-state index contributed by atoms with van der Waals surface area (Å²) < 4.78 is 9.75. The number of hydrogen-bond acceptors (Lipinski definition) is 7. The van der Waals surface area contributed by atoms with Gasteiger partial charge in [0.25, 0.3) is 0 Å². The van der Waals surface area contributed by atoms with Gasteiger partial charge in [-0.1, -0.05) is 24.8 Å². The van der Waals surface area contributed by atoms with Gasteiger partial charge in [0.2, 0.25) is 0 Å². The van der Waals surface area contributed by atoms with E-state index in [1.807, 2.05) is 6.07 Å². The van der Waals surface area contributed by atoms with Gasteiger partial charge >= 0.3 is 5.97 Å². The van der Waals surface area contributed by atoms with Crippen molar-refractivity contribution in [1.82, 2.24) is 0 Å². The number of para-hydroxylation sites is 1. The van der Waals surface area contributed by atoms with Gasteiger partial charge in [-0.05, 0) is 12.1 Å². The summed E-state index contributed by atoms with van der Waals surface area (Å²) in [6, 6.07) is 8.74. The van der Waals surface area contributed by atoms with Crippen molar-refractivity contribution >= 4 is 5.97 Å². The van der Waals surface area contributed by atoms with E-state index in [0.29, 0.717) is 32.2 Å². The Bertz CT molecular complexity index is 373. The quantitative estimate of drug-likeness (QED) is 0.284. The molecule has 0 aliphatic carbocycles. The van der Waals surface area contributed by atoms with E-state index >= 15 is 0 Å². The lowest BCUT2D eigenvalue weighted by Gasteiger charge is -2.01. The smallest absolute Gasteiger partial charge is 0.378 e. The molecule has 0 radical (unpaired) electrons. The van der Waals surface area contributed by atoms with Crippen LogP contribution < -0.4 is 4.89 Å². The van der Waals surface area contributed by atoms with E-state index in [9.17, 15) is 4.79 Å². The first-order valence-corrected chi connectivity index (χ1v) is 6.67. The van der Waals surface area contributed by atoms with Gasteiger partial charge in [-0.2, -0.15) is 0 Å². The second-order valence-corrected chi connectivity index (χ2v) is 3.67. The van der Waals surface area contributed by atoms with Gasteiger partial charge in [-0.15, -0.1) is 0 Å². The fourth-order valence-corrected chi connectivity index (χ4v) is 1.05. The Hall–Kier alpha value is -1.93. The molecule has 2 N–H and O–H groups in total. The summed E-state index contributed by atoms with van der Waals surface area (Å²) in [6.45, 7) is 4.95. The van der Waals surface area contributed by atoms with Crippen LogP contribution >= 0.6 is 0 Å². The van der Waals surface area contributed by atoms with Crippen molar-refractivity contribution in [3.63, 3.8) is 0 Å². The molecule has 0 spiro atoms. The molecule has 7 nitrogen and oxygen atoms in total. The van der Waals surface area contributed by atoms with Crippen LogP contribution in [-0.4, -0.2) is 55.8 Å². The van der Waals surface area contributed by atoms with Crippen molar-refractivity contribution in [2.24, 2.45) is 0 Å². The van der Waals surface area contributed by atoms with Crippen LogP contribution in [0, 0.1) is 0 Å². The number of ether oxygens (including phenoxy) is 2. The molecule has 0 amide bonds. The second-order valence-electron chi connectivity index (χ2n) is 3.67. The van der Waals surface area contributed by atoms with E-state index in [1.54, 1.807) is 24.3 Å². The number of carbonyl (C=O) groups is 1. The van der Waals surface area contributed by atoms with E-state index in [1.165, 1.54) is 0 Å². The van der Waals surface area contributed by atoms with Gasteiger partial charge in [0.1, 0.15) is 0 Å². The number of benzene rings is 1. The number of rotatable bonds is 10. The highest BCUT2D eigenvalue weighted by molar-refractivity contribution is 5.80. The van der Waals surface area contributed by atoms with E-state index in [0.717, 1.165) is 6.08 Å². The van der Waals surface area contributed by atoms with Crippen LogP contribution in [0.15, 0.2) is 43.0 Å².